The van der Waals surface area contributed by atoms with Crippen LogP contribution in [0, 0.1) is 0 Å². The summed E-state index contributed by atoms with van der Waals surface area (Å²) in [5.74, 6) is -0.200. The van der Waals surface area contributed by atoms with E-state index >= 15 is 0 Å². The van der Waals surface area contributed by atoms with Crippen molar-refractivity contribution in [3.8, 4) is 0 Å². The highest BCUT2D eigenvalue weighted by molar-refractivity contribution is 5.76. The highest BCUT2D eigenvalue weighted by atomic mass is 16.7. The van der Waals surface area contributed by atoms with Crippen molar-refractivity contribution in [1.29, 1.82) is 0 Å². The van der Waals surface area contributed by atoms with Gasteiger partial charge in [-0.15, -0.1) is 0 Å². The maximum Gasteiger partial charge on any atom is 0.220 e. The molecule has 0 aliphatic carbocycles. The molecule has 14 nitrogen and oxygen atoms in total. The second kappa shape index (κ2) is 66.9. The van der Waals surface area contributed by atoms with E-state index in [9.17, 15) is 45.6 Å². The maximum atomic E-state index is 13.4. The number of hydrogen-bond donors (Lipinski definition) is 9. The Morgan fingerprint density at radius 2 is 0.711 bits per heavy atom. The van der Waals surface area contributed by atoms with Crippen LogP contribution >= 0.6 is 0 Å². The lowest BCUT2D eigenvalue weighted by Gasteiger charge is -2.46. The van der Waals surface area contributed by atoms with Crippen molar-refractivity contribution in [3.05, 3.63) is 60.8 Å². The van der Waals surface area contributed by atoms with Crippen molar-refractivity contribution in [3.63, 3.8) is 0 Å². The number of nitrogens with one attached hydrogen (secondary N) is 1. The second-order valence-corrected chi connectivity index (χ2v) is 28.9. The summed E-state index contributed by atoms with van der Waals surface area (Å²) in [4.78, 5) is 13.4. The molecule has 0 saturated carbocycles. The molecule has 0 radical (unpaired) electrons. The van der Waals surface area contributed by atoms with Crippen molar-refractivity contribution in [1.82, 2.24) is 5.32 Å². The summed E-state index contributed by atoms with van der Waals surface area (Å²) in [6.45, 7) is 2.81. The lowest BCUT2D eigenvalue weighted by Crippen LogP contribution is -2.65. The lowest BCUT2D eigenvalue weighted by atomic mass is 9.97. The molecule has 1 amide bonds. The van der Waals surface area contributed by atoms with E-state index in [0.717, 1.165) is 83.5 Å². The standard InChI is InChI=1S/C83H153NO13/c1-3-5-7-9-11-13-15-17-19-21-23-25-27-29-31-33-34-35-36-37-38-39-41-43-45-47-49-51-53-55-57-59-61-63-65-67-75(88)84-71(70-94-82-80(93)78(91)81(74(69-86)96-82)97-83-79(92)77(90)76(89)73(68-85)95-83)72(87)66-64-62-60-58-56-54-52-50-48-46-44-42-40-32-30-28-26-24-22-20-18-16-14-12-10-8-6-4-2/h5,7,11,13,17,19,23,25,29,31,71-74,76-83,85-87,89-93H,3-4,6,8-10,12,14-16,18,20-22,24,26-28,30,32-70H2,1-2H3,(H,84,88)/b7-5-,13-11-,19-17-,25-23-,31-29-. The summed E-state index contributed by atoms with van der Waals surface area (Å²) >= 11 is 0. The summed E-state index contributed by atoms with van der Waals surface area (Å²) in [6.07, 6.45) is 74.1. The lowest BCUT2D eigenvalue weighted by molar-refractivity contribution is -0.359. The molecule has 2 rings (SSSR count). The van der Waals surface area contributed by atoms with Gasteiger partial charge in [-0.2, -0.15) is 0 Å². The van der Waals surface area contributed by atoms with E-state index in [1.165, 1.54) is 257 Å². The molecule has 2 fully saturated rings. The zero-order valence-corrected chi connectivity index (χ0v) is 62.3. The summed E-state index contributed by atoms with van der Waals surface area (Å²) in [5.41, 5.74) is 0. The van der Waals surface area contributed by atoms with Crippen LogP contribution in [0.5, 0.6) is 0 Å². The quantitative estimate of drug-likeness (QED) is 0.0204. The molecule has 12 unspecified atom stereocenters. The smallest absolute Gasteiger partial charge is 0.220 e. The first-order valence-corrected chi connectivity index (χ1v) is 41.0. The van der Waals surface area contributed by atoms with Crippen LogP contribution in [0.25, 0.3) is 0 Å². The van der Waals surface area contributed by atoms with Gasteiger partial charge in [0, 0.05) is 6.42 Å². The highest BCUT2D eigenvalue weighted by Crippen LogP contribution is 2.30. The van der Waals surface area contributed by atoms with Gasteiger partial charge in [0.1, 0.15) is 48.8 Å². The van der Waals surface area contributed by atoms with Gasteiger partial charge >= 0.3 is 0 Å². The minimum atomic E-state index is -1.78. The van der Waals surface area contributed by atoms with Crippen LogP contribution < -0.4 is 5.32 Å². The van der Waals surface area contributed by atoms with Crippen LogP contribution in [0.2, 0.25) is 0 Å². The molecule has 2 heterocycles. The Morgan fingerprint density at radius 3 is 1.09 bits per heavy atom. The zero-order chi connectivity index (χ0) is 70.1. The van der Waals surface area contributed by atoms with E-state index in [1.807, 2.05) is 0 Å². The first kappa shape index (κ1) is 90.8. The van der Waals surface area contributed by atoms with Crippen LogP contribution in [-0.2, 0) is 23.7 Å². The van der Waals surface area contributed by atoms with E-state index < -0.39 is 86.8 Å². The van der Waals surface area contributed by atoms with Gasteiger partial charge in [0.15, 0.2) is 12.6 Å². The molecule has 2 aliphatic rings. The third-order valence-electron chi connectivity index (χ3n) is 20.0. The molecular weight excluding hydrogens is 1220 g/mol. The van der Waals surface area contributed by atoms with Gasteiger partial charge in [0.05, 0.1) is 32.0 Å². The number of carbonyl (C=O) groups is 1. The van der Waals surface area contributed by atoms with Crippen molar-refractivity contribution < 1.29 is 64.6 Å². The average Bonchev–Trinajstić information content (AvgIpc) is 0.793. The highest BCUT2D eigenvalue weighted by Gasteiger charge is 2.51. The van der Waals surface area contributed by atoms with E-state index in [4.69, 9.17) is 18.9 Å². The van der Waals surface area contributed by atoms with Crippen LogP contribution in [0.3, 0.4) is 0 Å². The van der Waals surface area contributed by atoms with Crippen molar-refractivity contribution >= 4 is 5.91 Å². The second-order valence-electron chi connectivity index (χ2n) is 28.9. The predicted molar refractivity (Wildman–Crippen MR) is 401 cm³/mol. The van der Waals surface area contributed by atoms with Crippen molar-refractivity contribution in [2.45, 2.75) is 441 Å². The Balaban J connectivity index is 1.59. The Kier molecular flexibility index (Phi) is 62.6. The minimum absolute atomic E-state index is 0.200. The maximum absolute atomic E-state index is 13.4. The van der Waals surface area contributed by atoms with Crippen LogP contribution in [0.1, 0.15) is 367 Å². The molecule has 0 aromatic rings. The van der Waals surface area contributed by atoms with E-state index in [2.05, 4.69) is 79.9 Å². The molecule has 9 N–H and O–H groups in total. The monoisotopic (exact) mass is 1370 g/mol. The van der Waals surface area contributed by atoms with E-state index in [-0.39, 0.29) is 12.5 Å². The summed E-state index contributed by atoms with van der Waals surface area (Å²) in [5, 5.41) is 87.9. The largest absolute Gasteiger partial charge is 0.394 e. The van der Waals surface area contributed by atoms with Gasteiger partial charge < -0.3 is 65.1 Å². The van der Waals surface area contributed by atoms with E-state index in [0.29, 0.717) is 12.8 Å². The Morgan fingerprint density at radius 1 is 0.381 bits per heavy atom. The summed E-state index contributed by atoms with van der Waals surface area (Å²) < 4.78 is 23.0. The summed E-state index contributed by atoms with van der Waals surface area (Å²) in [6, 6.07) is -0.831. The normalized spacial score (nSPS) is 22.4. The van der Waals surface area contributed by atoms with Gasteiger partial charge in [0.25, 0.3) is 0 Å². The topological polar surface area (TPSA) is 228 Å². The van der Waals surface area contributed by atoms with Gasteiger partial charge in [-0.05, 0) is 57.8 Å². The van der Waals surface area contributed by atoms with Crippen LogP contribution in [0.15, 0.2) is 60.8 Å². The molecule has 568 valence electrons. The van der Waals surface area contributed by atoms with Crippen molar-refractivity contribution in [2.75, 3.05) is 19.8 Å². The Labute approximate surface area is 594 Å². The molecule has 12 atom stereocenters. The van der Waals surface area contributed by atoms with Gasteiger partial charge in [-0.25, -0.2) is 0 Å². The van der Waals surface area contributed by atoms with Crippen molar-refractivity contribution in [2.24, 2.45) is 0 Å². The van der Waals surface area contributed by atoms with Gasteiger partial charge in [-0.1, -0.05) is 364 Å². The molecule has 97 heavy (non-hydrogen) atoms. The SMILES string of the molecule is CC/C=C\C/C=C\C/C=C\C/C=C\C/C=C\CCCCCCCCCCCCCCCCCCCCCC(=O)NC(COC1OC(CO)C(OC2OC(CO)C(O)C(O)C2O)C(O)C1O)C(O)CCCCCCCCCCCCCCCCCCCCCCCCCCCCCC. The number of amides is 1. The molecule has 2 saturated heterocycles. The fourth-order valence-electron chi connectivity index (χ4n) is 13.6. The minimum Gasteiger partial charge on any atom is -0.394 e. The summed E-state index contributed by atoms with van der Waals surface area (Å²) in [7, 11) is 0. The number of rotatable bonds is 69. The number of aliphatic hydroxyl groups excluding tert-OH is 8. The number of ether oxygens (including phenoxy) is 4. The molecular formula is C83H153NO13. The Bertz CT molecular complexity index is 1860. The average molecular weight is 1370 g/mol. The molecule has 0 aromatic carbocycles. The Hall–Kier alpha value is -2.31. The number of unbranched alkanes of at least 4 members (excludes halogenated alkanes) is 46. The van der Waals surface area contributed by atoms with Gasteiger partial charge in [0.2, 0.25) is 5.91 Å². The van der Waals surface area contributed by atoms with E-state index in [1.54, 1.807) is 0 Å². The first-order valence-electron chi connectivity index (χ1n) is 41.0. The number of carbonyl (C=O) groups excluding carboxylic acids is 1. The third kappa shape index (κ3) is 49.9. The third-order valence-corrected chi connectivity index (χ3v) is 20.0. The number of aliphatic hydroxyl groups is 8. The molecule has 2 aliphatic heterocycles. The van der Waals surface area contributed by atoms with Crippen LogP contribution in [-0.4, -0.2) is 140 Å². The predicted octanol–water partition coefficient (Wildman–Crippen LogP) is 18.7. The fraction of sp³-hybridized carbons (Fsp3) is 0.867. The van der Waals surface area contributed by atoms with Gasteiger partial charge in [-0.3, -0.25) is 4.79 Å². The first-order chi connectivity index (χ1) is 47.6. The number of hydrogen-bond acceptors (Lipinski definition) is 13. The molecule has 0 spiro atoms. The molecule has 0 bridgehead atoms. The van der Waals surface area contributed by atoms with Crippen LogP contribution in [0.4, 0.5) is 0 Å². The molecule has 14 heteroatoms. The molecule has 0 aromatic heterocycles. The fourth-order valence-corrected chi connectivity index (χ4v) is 13.6. The number of allylic oxidation sites excluding steroid dienone is 10. The zero-order valence-electron chi connectivity index (χ0n) is 62.3.